The number of nitrogens with one attached hydrogen (secondary N) is 2. The molecule has 3 aromatic heterocycles. The summed E-state index contributed by atoms with van der Waals surface area (Å²) in [5.74, 6) is 0.115. The lowest BCUT2D eigenvalue weighted by molar-refractivity contribution is 0.0690. The van der Waals surface area contributed by atoms with Gasteiger partial charge in [0, 0.05) is 24.7 Å². The van der Waals surface area contributed by atoms with E-state index in [0.717, 1.165) is 22.3 Å². The summed E-state index contributed by atoms with van der Waals surface area (Å²) >= 11 is 0. The van der Waals surface area contributed by atoms with Crippen LogP contribution in [0.2, 0.25) is 0 Å². The molecule has 31 heavy (non-hydrogen) atoms. The minimum Gasteiger partial charge on any atom is -0.477 e. The second kappa shape index (κ2) is 8.00. The highest BCUT2D eigenvalue weighted by atomic mass is 16.5. The quantitative estimate of drug-likeness (QED) is 0.449. The minimum absolute atomic E-state index is 0.0178. The number of fused-ring (bicyclic) bond motifs is 1. The van der Waals surface area contributed by atoms with E-state index in [4.69, 9.17) is 14.8 Å². The van der Waals surface area contributed by atoms with Gasteiger partial charge in [-0.25, -0.2) is 19.7 Å². The lowest BCUT2D eigenvalue weighted by atomic mass is 10.1. The van der Waals surface area contributed by atoms with Gasteiger partial charge in [0.2, 0.25) is 5.95 Å². The molecule has 4 aromatic rings. The summed E-state index contributed by atoms with van der Waals surface area (Å²) in [4.78, 5) is 33.9. The molecule has 0 atom stereocenters. The number of hydrogen-bond donors (Lipinski definition) is 3. The summed E-state index contributed by atoms with van der Waals surface area (Å²) in [6.45, 7) is 2.66. The first-order valence-corrected chi connectivity index (χ1v) is 9.77. The zero-order valence-corrected chi connectivity index (χ0v) is 16.4. The molecule has 5 rings (SSSR count). The molecule has 0 spiro atoms. The Balaban J connectivity index is 1.52. The van der Waals surface area contributed by atoms with Gasteiger partial charge in [-0.15, -0.1) is 0 Å². The van der Waals surface area contributed by atoms with Crippen molar-refractivity contribution in [1.82, 2.24) is 24.9 Å². The predicted octanol–water partition coefficient (Wildman–Crippen LogP) is 2.69. The standard InChI is InChI=1S/C21H19N7O3/c29-20(30)16-4-2-14(11-22-16)25-19-10-17(13-1-3-15-18(9-13)24-12-23-15)26-21(27-19)28-5-7-31-8-6-28/h1-4,9-12H,5-8H2,(H,23,24)(H,29,30)(H,25,26,27). The number of ether oxygens (including phenoxy) is 1. The topological polar surface area (TPSA) is 129 Å². The highest BCUT2D eigenvalue weighted by Crippen LogP contribution is 2.27. The maximum atomic E-state index is 11.0. The SMILES string of the molecule is O=C(O)c1ccc(Nc2cc(-c3ccc4nc[nH]c4c3)nc(N3CCOCC3)n2)cn1. The van der Waals surface area contributed by atoms with E-state index >= 15 is 0 Å². The van der Waals surface area contributed by atoms with Crippen LogP contribution in [0, 0.1) is 0 Å². The molecule has 3 N–H and O–H groups in total. The summed E-state index contributed by atoms with van der Waals surface area (Å²) < 4.78 is 5.45. The highest BCUT2D eigenvalue weighted by Gasteiger charge is 2.17. The number of rotatable bonds is 5. The van der Waals surface area contributed by atoms with Crippen LogP contribution in [0.1, 0.15) is 10.5 Å². The minimum atomic E-state index is -1.07. The fraction of sp³-hybridized carbons (Fsp3) is 0.190. The number of aromatic nitrogens is 5. The fourth-order valence-electron chi connectivity index (χ4n) is 3.39. The van der Waals surface area contributed by atoms with Crippen molar-refractivity contribution in [1.29, 1.82) is 0 Å². The van der Waals surface area contributed by atoms with Crippen LogP contribution >= 0.6 is 0 Å². The number of aromatic carboxylic acids is 1. The van der Waals surface area contributed by atoms with Crippen LogP contribution in [-0.2, 0) is 4.74 Å². The Morgan fingerprint density at radius 1 is 1.10 bits per heavy atom. The summed E-state index contributed by atoms with van der Waals surface area (Å²) in [6, 6.07) is 10.9. The average molecular weight is 417 g/mol. The Kier molecular flexibility index (Phi) is 4.89. The van der Waals surface area contributed by atoms with Crippen molar-refractivity contribution in [2.24, 2.45) is 0 Å². The predicted molar refractivity (Wildman–Crippen MR) is 115 cm³/mol. The van der Waals surface area contributed by atoms with E-state index in [9.17, 15) is 4.79 Å². The number of carbonyl (C=O) groups is 1. The molecule has 0 bridgehead atoms. The molecule has 1 aromatic carbocycles. The molecule has 0 unspecified atom stereocenters. The molecule has 156 valence electrons. The van der Waals surface area contributed by atoms with E-state index in [1.54, 1.807) is 12.4 Å². The van der Waals surface area contributed by atoms with Gasteiger partial charge in [0.05, 0.1) is 48.2 Å². The van der Waals surface area contributed by atoms with Gasteiger partial charge < -0.3 is 25.0 Å². The molecule has 10 heteroatoms. The lowest BCUT2D eigenvalue weighted by Crippen LogP contribution is -2.37. The van der Waals surface area contributed by atoms with Crippen molar-refractivity contribution in [3.05, 3.63) is 54.6 Å². The summed E-state index contributed by atoms with van der Waals surface area (Å²) in [7, 11) is 0. The maximum absolute atomic E-state index is 11.0. The van der Waals surface area contributed by atoms with Gasteiger partial charge in [-0.3, -0.25) is 0 Å². The van der Waals surface area contributed by atoms with Crippen LogP contribution in [0.3, 0.4) is 0 Å². The Labute approximate surface area is 177 Å². The first kappa shape index (κ1) is 18.9. The van der Waals surface area contributed by atoms with Crippen LogP contribution < -0.4 is 10.2 Å². The van der Waals surface area contributed by atoms with Crippen LogP contribution in [0.4, 0.5) is 17.5 Å². The van der Waals surface area contributed by atoms with Crippen LogP contribution in [0.5, 0.6) is 0 Å². The first-order valence-electron chi connectivity index (χ1n) is 9.77. The third kappa shape index (κ3) is 4.01. The number of hydrogen-bond acceptors (Lipinski definition) is 8. The third-order valence-electron chi connectivity index (χ3n) is 4.98. The monoisotopic (exact) mass is 417 g/mol. The smallest absolute Gasteiger partial charge is 0.354 e. The van der Waals surface area contributed by atoms with E-state index in [1.807, 2.05) is 24.3 Å². The van der Waals surface area contributed by atoms with Gasteiger partial charge in [0.1, 0.15) is 11.5 Å². The Morgan fingerprint density at radius 2 is 1.97 bits per heavy atom. The van der Waals surface area contributed by atoms with Crippen molar-refractivity contribution in [3.63, 3.8) is 0 Å². The molecule has 0 amide bonds. The van der Waals surface area contributed by atoms with Crippen LogP contribution in [0.25, 0.3) is 22.3 Å². The number of benzene rings is 1. The van der Waals surface area contributed by atoms with Gasteiger partial charge in [0.15, 0.2) is 0 Å². The third-order valence-corrected chi connectivity index (χ3v) is 4.98. The van der Waals surface area contributed by atoms with Gasteiger partial charge in [-0.05, 0) is 24.3 Å². The van der Waals surface area contributed by atoms with E-state index in [-0.39, 0.29) is 5.69 Å². The molecule has 0 aliphatic carbocycles. The van der Waals surface area contributed by atoms with Crippen molar-refractivity contribution < 1.29 is 14.6 Å². The van der Waals surface area contributed by atoms with Crippen LogP contribution in [0.15, 0.2) is 48.9 Å². The molecule has 0 radical (unpaired) electrons. The van der Waals surface area contributed by atoms with Crippen molar-refractivity contribution in [3.8, 4) is 11.3 Å². The number of nitrogens with zero attached hydrogens (tertiary/aromatic N) is 5. The van der Waals surface area contributed by atoms with Crippen molar-refractivity contribution in [2.75, 3.05) is 36.5 Å². The Morgan fingerprint density at radius 3 is 2.74 bits per heavy atom. The number of anilines is 3. The van der Waals surface area contributed by atoms with Crippen molar-refractivity contribution in [2.45, 2.75) is 0 Å². The van der Waals surface area contributed by atoms with E-state index in [2.05, 4.69) is 30.2 Å². The van der Waals surface area contributed by atoms with Gasteiger partial charge in [-0.2, -0.15) is 4.98 Å². The summed E-state index contributed by atoms with van der Waals surface area (Å²) in [5, 5.41) is 12.2. The molecule has 1 aliphatic heterocycles. The molecule has 10 nitrogen and oxygen atoms in total. The van der Waals surface area contributed by atoms with Crippen LogP contribution in [-0.4, -0.2) is 62.3 Å². The van der Waals surface area contributed by atoms with Gasteiger partial charge in [0.25, 0.3) is 0 Å². The first-order chi connectivity index (χ1) is 15.2. The second-order valence-electron chi connectivity index (χ2n) is 7.03. The lowest BCUT2D eigenvalue weighted by Gasteiger charge is -2.27. The average Bonchev–Trinajstić information content (AvgIpc) is 3.28. The summed E-state index contributed by atoms with van der Waals surface area (Å²) in [5.41, 5.74) is 4.10. The molecular weight excluding hydrogens is 398 g/mol. The van der Waals surface area contributed by atoms with Gasteiger partial charge in [-0.1, -0.05) is 6.07 Å². The Bertz CT molecular complexity index is 1230. The normalized spacial score (nSPS) is 14.0. The zero-order chi connectivity index (χ0) is 21.2. The molecule has 1 aliphatic rings. The number of pyridine rings is 1. The molecule has 4 heterocycles. The number of imidazole rings is 1. The number of H-pyrrole nitrogens is 1. The summed E-state index contributed by atoms with van der Waals surface area (Å²) in [6.07, 6.45) is 3.13. The molecule has 0 saturated carbocycles. The van der Waals surface area contributed by atoms with E-state index in [1.165, 1.54) is 12.3 Å². The largest absolute Gasteiger partial charge is 0.477 e. The number of aromatic amines is 1. The number of carboxylic acids is 1. The van der Waals surface area contributed by atoms with E-state index in [0.29, 0.717) is 43.8 Å². The van der Waals surface area contributed by atoms with Crippen molar-refractivity contribution >= 4 is 34.5 Å². The Hall–Kier alpha value is -4.05. The number of morpholine rings is 1. The molecular formula is C21H19N7O3. The maximum Gasteiger partial charge on any atom is 0.354 e. The zero-order valence-electron chi connectivity index (χ0n) is 16.4. The molecule has 1 fully saturated rings. The molecule has 1 saturated heterocycles. The number of carboxylic acid groups (broad SMARTS) is 1. The second-order valence-corrected chi connectivity index (χ2v) is 7.03. The van der Waals surface area contributed by atoms with Gasteiger partial charge >= 0.3 is 5.97 Å². The fourth-order valence-corrected chi connectivity index (χ4v) is 3.39. The highest BCUT2D eigenvalue weighted by molar-refractivity contribution is 5.85. The van der Waals surface area contributed by atoms with E-state index < -0.39 is 5.97 Å².